The fraction of sp³-hybridized carbons (Fsp3) is 0.125. The summed E-state index contributed by atoms with van der Waals surface area (Å²) in [6, 6.07) is 9.26. The number of sulfonamides is 1. The number of anilines is 2. The van der Waals surface area contributed by atoms with Gasteiger partial charge in [-0.3, -0.25) is 9.59 Å². The van der Waals surface area contributed by atoms with Crippen LogP contribution in [0.3, 0.4) is 0 Å². The van der Waals surface area contributed by atoms with E-state index < -0.39 is 27.7 Å². The van der Waals surface area contributed by atoms with E-state index >= 15 is 0 Å². The molecule has 0 spiro atoms. The monoisotopic (exact) mass is 382 g/mol. The average Bonchev–Trinajstić information content (AvgIpc) is 2.81. The van der Waals surface area contributed by atoms with E-state index in [0.29, 0.717) is 4.31 Å². The van der Waals surface area contributed by atoms with Gasteiger partial charge < -0.3 is 5.32 Å². The van der Waals surface area contributed by atoms with Crippen LogP contribution in [-0.4, -0.2) is 26.0 Å². The molecule has 2 amide bonds. The quantitative estimate of drug-likeness (QED) is 0.884. The summed E-state index contributed by atoms with van der Waals surface area (Å²) in [5.41, 5.74) is 0.251. The van der Waals surface area contributed by atoms with Gasteiger partial charge in [-0.2, -0.15) is 0 Å². The number of amides is 2. The number of carbonyl (C=O) groups excluding carboxylic acids is 2. The predicted molar refractivity (Wildman–Crippen MR) is 91.7 cm³/mol. The lowest BCUT2D eigenvalue weighted by molar-refractivity contribution is -0.116. The number of rotatable bonds is 3. The van der Waals surface area contributed by atoms with Crippen molar-refractivity contribution in [1.29, 1.82) is 0 Å². The number of benzene rings is 2. The van der Waals surface area contributed by atoms with Gasteiger partial charge in [-0.05, 0) is 36.4 Å². The summed E-state index contributed by atoms with van der Waals surface area (Å²) in [5, 5.41) is 2.52. The van der Waals surface area contributed by atoms with E-state index in [1.54, 1.807) is 0 Å². The maximum atomic E-state index is 13.2. The van der Waals surface area contributed by atoms with Gasteiger partial charge in [0.25, 0.3) is 5.91 Å². The van der Waals surface area contributed by atoms with Gasteiger partial charge in [-0.15, -0.1) is 0 Å². The summed E-state index contributed by atoms with van der Waals surface area (Å²) < 4.78 is 37.9. The van der Waals surface area contributed by atoms with E-state index in [2.05, 4.69) is 5.32 Å². The van der Waals surface area contributed by atoms with E-state index in [1.165, 1.54) is 36.4 Å². The van der Waals surface area contributed by atoms with Gasteiger partial charge in [-0.1, -0.05) is 17.7 Å². The lowest BCUT2D eigenvalue weighted by Crippen LogP contribution is -2.29. The summed E-state index contributed by atoms with van der Waals surface area (Å²) in [7, 11) is -3.80. The standard InChI is InChI=1S/C16H12ClFN2O4S/c17-13-5-4-10(16(22)19-12-3-1-2-11(18)9-12)8-14(13)20-15(21)6-7-25(20,23)24/h1-5,8-9H,6-7H2,(H,19,22). The SMILES string of the molecule is O=C(Nc1cccc(F)c1)c1ccc(Cl)c(N2C(=O)CCS2(=O)=O)c1. The van der Waals surface area contributed by atoms with Crippen LogP contribution in [0.1, 0.15) is 16.8 Å². The Hall–Kier alpha value is -2.45. The molecule has 0 aromatic heterocycles. The number of halogens is 2. The molecule has 130 valence electrons. The van der Waals surface area contributed by atoms with Crippen LogP contribution in [0.4, 0.5) is 15.8 Å². The topological polar surface area (TPSA) is 83.6 Å². The first kappa shape index (κ1) is 17.4. The fourth-order valence-corrected chi connectivity index (χ4v) is 4.15. The van der Waals surface area contributed by atoms with Gasteiger partial charge in [0.2, 0.25) is 15.9 Å². The first-order valence-electron chi connectivity index (χ1n) is 7.20. The van der Waals surface area contributed by atoms with Gasteiger partial charge in [0, 0.05) is 17.7 Å². The summed E-state index contributed by atoms with van der Waals surface area (Å²) in [6.45, 7) is 0. The summed E-state index contributed by atoms with van der Waals surface area (Å²) >= 11 is 6.01. The molecule has 1 N–H and O–H groups in total. The lowest BCUT2D eigenvalue weighted by atomic mass is 10.1. The third kappa shape index (κ3) is 3.49. The first-order valence-corrected chi connectivity index (χ1v) is 9.19. The lowest BCUT2D eigenvalue weighted by Gasteiger charge is -2.17. The highest BCUT2D eigenvalue weighted by Crippen LogP contribution is 2.33. The normalized spacial score (nSPS) is 16.1. The van der Waals surface area contributed by atoms with E-state index in [0.717, 1.165) is 6.07 Å². The van der Waals surface area contributed by atoms with Crippen LogP contribution in [0, 0.1) is 5.82 Å². The Bertz CT molecular complexity index is 978. The van der Waals surface area contributed by atoms with Gasteiger partial charge in [0.05, 0.1) is 16.5 Å². The van der Waals surface area contributed by atoms with Crippen molar-refractivity contribution in [3.63, 3.8) is 0 Å². The molecule has 0 atom stereocenters. The maximum Gasteiger partial charge on any atom is 0.255 e. The molecule has 3 rings (SSSR count). The van der Waals surface area contributed by atoms with Crippen molar-refractivity contribution in [2.24, 2.45) is 0 Å². The number of nitrogens with zero attached hydrogens (tertiary/aromatic N) is 1. The number of hydrogen-bond acceptors (Lipinski definition) is 4. The second kappa shape index (κ2) is 6.45. The van der Waals surface area contributed by atoms with Crippen molar-refractivity contribution in [2.45, 2.75) is 6.42 Å². The first-order chi connectivity index (χ1) is 11.8. The van der Waals surface area contributed by atoms with Crippen molar-refractivity contribution in [3.05, 3.63) is 58.9 Å². The molecular weight excluding hydrogens is 371 g/mol. The Morgan fingerprint density at radius 1 is 1.20 bits per heavy atom. The molecule has 0 unspecified atom stereocenters. The Kier molecular flexibility index (Phi) is 4.49. The van der Waals surface area contributed by atoms with Crippen LogP contribution in [0.25, 0.3) is 0 Å². The van der Waals surface area contributed by atoms with Crippen LogP contribution in [0.2, 0.25) is 5.02 Å². The molecule has 6 nitrogen and oxygen atoms in total. The molecule has 9 heteroatoms. The minimum absolute atomic E-state index is 0.0288. The largest absolute Gasteiger partial charge is 0.322 e. The second-order valence-corrected chi connectivity index (χ2v) is 7.70. The van der Waals surface area contributed by atoms with Crippen LogP contribution < -0.4 is 9.62 Å². The van der Waals surface area contributed by atoms with Crippen LogP contribution in [0.5, 0.6) is 0 Å². The summed E-state index contributed by atoms with van der Waals surface area (Å²) in [4.78, 5) is 24.2. The molecule has 1 fully saturated rings. The third-order valence-corrected chi connectivity index (χ3v) is 5.58. The zero-order valence-electron chi connectivity index (χ0n) is 12.7. The molecule has 2 aromatic carbocycles. The predicted octanol–water partition coefficient (Wildman–Crippen LogP) is 2.80. The van der Waals surface area contributed by atoms with E-state index in [9.17, 15) is 22.4 Å². The Morgan fingerprint density at radius 2 is 1.96 bits per heavy atom. The van der Waals surface area contributed by atoms with E-state index in [1.807, 2.05) is 0 Å². The molecule has 1 aliphatic rings. The van der Waals surface area contributed by atoms with Crippen molar-refractivity contribution in [2.75, 3.05) is 15.4 Å². The van der Waals surface area contributed by atoms with E-state index in [4.69, 9.17) is 11.6 Å². The minimum Gasteiger partial charge on any atom is -0.322 e. The van der Waals surface area contributed by atoms with Gasteiger partial charge in [0.15, 0.2) is 0 Å². The molecule has 1 heterocycles. The van der Waals surface area contributed by atoms with Crippen molar-refractivity contribution in [3.8, 4) is 0 Å². The third-order valence-electron chi connectivity index (χ3n) is 3.59. The number of carbonyl (C=O) groups is 2. The summed E-state index contributed by atoms with van der Waals surface area (Å²) in [5.74, 6) is -2.01. The van der Waals surface area contributed by atoms with Crippen molar-refractivity contribution >= 4 is 44.8 Å². The van der Waals surface area contributed by atoms with Gasteiger partial charge >= 0.3 is 0 Å². The molecule has 2 aromatic rings. The van der Waals surface area contributed by atoms with Gasteiger partial charge in [0.1, 0.15) is 5.82 Å². The van der Waals surface area contributed by atoms with Crippen molar-refractivity contribution in [1.82, 2.24) is 0 Å². The number of nitrogens with one attached hydrogen (secondary N) is 1. The van der Waals surface area contributed by atoms with Crippen LogP contribution >= 0.6 is 11.6 Å². The zero-order valence-corrected chi connectivity index (χ0v) is 14.3. The summed E-state index contributed by atoms with van der Waals surface area (Å²) in [6.07, 6.45) is -0.140. The van der Waals surface area contributed by atoms with Crippen molar-refractivity contribution < 1.29 is 22.4 Å². The Labute approximate surface area is 148 Å². The molecule has 0 radical (unpaired) electrons. The highest BCUT2D eigenvalue weighted by Gasteiger charge is 2.37. The molecule has 25 heavy (non-hydrogen) atoms. The minimum atomic E-state index is -3.80. The highest BCUT2D eigenvalue weighted by molar-refractivity contribution is 7.94. The molecule has 0 aliphatic carbocycles. The second-order valence-electron chi connectivity index (χ2n) is 5.35. The molecule has 0 saturated carbocycles. The zero-order chi connectivity index (χ0) is 18.2. The number of hydrogen-bond donors (Lipinski definition) is 1. The fourth-order valence-electron chi connectivity index (χ4n) is 2.43. The molecule has 1 aliphatic heterocycles. The van der Waals surface area contributed by atoms with Crippen LogP contribution in [-0.2, 0) is 14.8 Å². The van der Waals surface area contributed by atoms with E-state index in [-0.39, 0.29) is 34.1 Å². The smallest absolute Gasteiger partial charge is 0.255 e. The van der Waals surface area contributed by atoms with Crippen LogP contribution in [0.15, 0.2) is 42.5 Å². The highest BCUT2D eigenvalue weighted by atomic mass is 35.5. The maximum absolute atomic E-state index is 13.2. The molecular formula is C16H12ClFN2O4S. The molecule has 0 bridgehead atoms. The Balaban J connectivity index is 1.94. The average molecular weight is 383 g/mol. The molecule has 1 saturated heterocycles. The Morgan fingerprint density at radius 3 is 2.60 bits per heavy atom. The van der Waals surface area contributed by atoms with Gasteiger partial charge in [-0.25, -0.2) is 17.1 Å².